The molecule has 1 amide bonds. The number of rotatable bonds is 2. The Morgan fingerprint density at radius 3 is 2.50 bits per heavy atom. The zero-order valence-corrected chi connectivity index (χ0v) is 5.07. The Bertz CT molecular complexity index is 84.5. The highest BCUT2D eigenvalue weighted by Gasteiger charge is 2.07. The summed E-state index contributed by atoms with van der Waals surface area (Å²) in [6, 6.07) is 0. The van der Waals surface area contributed by atoms with E-state index in [4.69, 9.17) is 0 Å². The first-order valence-electron chi connectivity index (χ1n) is 2.62. The lowest BCUT2D eigenvalue weighted by Gasteiger charge is -2.00. The Balaban J connectivity index is 3.46. The molecular weight excluding hydrogens is 109 g/mol. The molecule has 0 rings (SSSR count). The third-order valence-electron chi connectivity index (χ3n) is 1.15. The fourth-order valence-electron chi connectivity index (χ4n) is 0.279. The predicted molar refractivity (Wildman–Crippen MR) is 28.7 cm³/mol. The van der Waals surface area contributed by atoms with Gasteiger partial charge in [-0.1, -0.05) is 13.8 Å². The summed E-state index contributed by atoms with van der Waals surface area (Å²) in [4.78, 5) is 10.3. The van der Waals surface area contributed by atoms with Crippen molar-refractivity contribution >= 4 is 5.91 Å². The lowest BCUT2D eigenvalue weighted by Crippen LogP contribution is -2.21. The van der Waals surface area contributed by atoms with E-state index in [9.17, 15) is 9.28 Å². The van der Waals surface area contributed by atoms with Crippen LogP contribution in [0.4, 0.5) is 4.48 Å². The lowest BCUT2D eigenvalue weighted by atomic mass is 10.1. The molecule has 3 heteroatoms. The molecule has 0 aliphatic rings. The van der Waals surface area contributed by atoms with Crippen molar-refractivity contribution in [2.75, 3.05) is 0 Å². The molecule has 0 heterocycles. The van der Waals surface area contributed by atoms with Crippen LogP contribution in [0, 0.1) is 5.92 Å². The fraction of sp³-hybridized carbons (Fsp3) is 0.800. The molecular formula is C5H10FNO. The van der Waals surface area contributed by atoms with Crippen LogP contribution in [0.2, 0.25) is 0 Å². The maximum absolute atomic E-state index is 11.2. The molecule has 1 atom stereocenters. The first-order valence-corrected chi connectivity index (χ1v) is 2.62. The van der Waals surface area contributed by atoms with Gasteiger partial charge in [-0.2, -0.15) is 5.54 Å². The normalized spacial score (nSPS) is 12.9. The van der Waals surface area contributed by atoms with Crippen molar-refractivity contribution in [2.45, 2.75) is 20.3 Å². The number of nitrogens with one attached hydrogen (secondary N) is 1. The van der Waals surface area contributed by atoms with Crippen LogP contribution in [0.15, 0.2) is 0 Å². The second-order valence-electron chi connectivity index (χ2n) is 1.77. The van der Waals surface area contributed by atoms with Gasteiger partial charge in [-0.25, -0.2) is 0 Å². The summed E-state index contributed by atoms with van der Waals surface area (Å²) in [7, 11) is 0. The molecule has 0 saturated heterocycles. The van der Waals surface area contributed by atoms with Crippen LogP contribution in [0.5, 0.6) is 0 Å². The summed E-state index contributed by atoms with van der Waals surface area (Å²) in [6.45, 7) is 3.51. The SMILES string of the molecule is CCC(C)C(=O)NF. The number of hydrogen-bond donors (Lipinski definition) is 1. The smallest absolute Gasteiger partial charge is 0.250 e. The maximum Gasteiger partial charge on any atom is 0.250 e. The van der Waals surface area contributed by atoms with Crippen molar-refractivity contribution in [2.24, 2.45) is 5.92 Å². The molecule has 0 aromatic carbocycles. The van der Waals surface area contributed by atoms with E-state index in [2.05, 4.69) is 0 Å². The quantitative estimate of drug-likeness (QED) is 0.540. The summed E-state index contributed by atoms with van der Waals surface area (Å²) in [5.41, 5.74) is 1.08. The first-order chi connectivity index (χ1) is 3.72. The van der Waals surface area contributed by atoms with Crippen molar-refractivity contribution < 1.29 is 9.28 Å². The third kappa shape index (κ3) is 1.91. The van der Waals surface area contributed by atoms with Gasteiger partial charge in [-0.15, -0.1) is 4.48 Å². The molecule has 1 N–H and O–H groups in total. The number of hydrogen-bond acceptors (Lipinski definition) is 1. The number of halogens is 1. The van der Waals surface area contributed by atoms with Crippen LogP contribution in [0.1, 0.15) is 20.3 Å². The van der Waals surface area contributed by atoms with Gasteiger partial charge in [0.2, 0.25) is 5.91 Å². The summed E-state index contributed by atoms with van der Waals surface area (Å²) in [5, 5.41) is 0. The van der Waals surface area contributed by atoms with Gasteiger partial charge in [0, 0.05) is 5.92 Å². The van der Waals surface area contributed by atoms with E-state index in [1.807, 2.05) is 6.92 Å². The minimum atomic E-state index is -0.535. The van der Waals surface area contributed by atoms with E-state index < -0.39 is 5.91 Å². The maximum atomic E-state index is 11.2. The molecule has 0 bridgehead atoms. The highest BCUT2D eigenvalue weighted by molar-refractivity contribution is 5.76. The van der Waals surface area contributed by atoms with Crippen LogP contribution < -0.4 is 5.54 Å². The van der Waals surface area contributed by atoms with Gasteiger partial charge < -0.3 is 0 Å². The van der Waals surface area contributed by atoms with E-state index >= 15 is 0 Å². The van der Waals surface area contributed by atoms with Gasteiger partial charge in [-0.3, -0.25) is 4.79 Å². The topological polar surface area (TPSA) is 29.1 Å². The molecule has 0 aliphatic heterocycles. The third-order valence-corrected chi connectivity index (χ3v) is 1.15. The van der Waals surface area contributed by atoms with Crippen LogP contribution in [0.3, 0.4) is 0 Å². The lowest BCUT2D eigenvalue weighted by molar-refractivity contribution is -0.128. The van der Waals surface area contributed by atoms with Crippen molar-refractivity contribution in [1.82, 2.24) is 5.54 Å². The minimum absolute atomic E-state index is 0.208. The van der Waals surface area contributed by atoms with E-state index in [-0.39, 0.29) is 5.92 Å². The van der Waals surface area contributed by atoms with Crippen LogP contribution in [0.25, 0.3) is 0 Å². The molecule has 1 unspecified atom stereocenters. The monoisotopic (exact) mass is 119 g/mol. The first kappa shape index (κ1) is 7.40. The van der Waals surface area contributed by atoms with E-state index in [1.165, 1.54) is 0 Å². The predicted octanol–water partition coefficient (Wildman–Crippen LogP) is 1.03. The van der Waals surface area contributed by atoms with Crippen molar-refractivity contribution in [3.8, 4) is 0 Å². The number of amides is 1. The van der Waals surface area contributed by atoms with Gasteiger partial charge in [0.15, 0.2) is 0 Å². The van der Waals surface area contributed by atoms with Crippen LogP contribution in [-0.2, 0) is 4.79 Å². The largest absolute Gasteiger partial charge is 0.272 e. The molecule has 0 aromatic rings. The van der Waals surface area contributed by atoms with Crippen LogP contribution >= 0.6 is 0 Å². The zero-order valence-electron chi connectivity index (χ0n) is 5.07. The molecule has 0 fully saturated rings. The van der Waals surface area contributed by atoms with Gasteiger partial charge in [0.25, 0.3) is 0 Å². The molecule has 0 spiro atoms. The van der Waals surface area contributed by atoms with Crippen molar-refractivity contribution in [3.05, 3.63) is 0 Å². The molecule has 0 radical (unpaired) electrons. The molecule has 0 aromatic heterocycles. The van der Waals surface area contributed by atoms with Gasteiger partial charge in [-0.05, 0) is 6.42 Å². The molecule has 8 heavy (non-hydrogen) atoms. The summed E-state index contributed by atoms with van der Waals surface area (Å²) in [5.74, 6) is -0.743. The second kappa shape index (κ2) is 3.41. The van der Waals surface area contributed by atoms with Gasteiger partial charge >= 0.3 is 0 Å². The van der Waals surface area contributed by atoms with Crippen LogP contribution in [-0.4, -0.2) is 5.91 Å². The molecule has 0 saturated carbocycles. The Labute approximate surface area is 48.0 Å². The number of carbonyl (C=O) groups is 1. The van der Waals surface area contributed by atoms with E-state index in [1.54, 1.807) is 6.92 Å². The number of carbonyl (C=O) groups excluding carboxylic acids is 1. The van der Waals surface area contributed by atoms with E-state index in [0.29, 0.717) is 6.42 Å². The minimum Gasteiger partial charge on any atom is -0.272 e. The average Bonchev–Trinajstić information content (AvgIpc) is 1.84. The van der Waals surface area contributed by atoms with E-state index in [0.717, 1.165) is 5.54 Å². The second-order valence-corrected chi connectivity index (χ2v) is 1.77. The molecule has 48 valence electrons. The average molecular weight is 119 g/mol. The Kier molecular flexibility index (Phi) is 3.15. The molecule has 2 nitrogen and oxygen atoms in total. The van der Waals surface area contributed by atoms with Gasteiger partial charge in [0.05, 0.1) is 0 Å². The highest BCUT2D eigenvalue weighted by Crippen LogP contribution is 1.98. The Hall–Kier alpha value is -0.600. The van der Waals surface area contributed by atoms with Crippen molar-refractivity contribution in [1.29, 1.82) is 0 Å². The summed E-state index contributed by atoms with van der Waals surface area (Å²) >= 11 is 0. The zero-order chi connectivity index (χ0) is 6.57. The Morgan fingerprint density at radius 1 is 1.88 bits per heavy atom. The van der Waals surface area contributed by atoms with Gasteiger partial charge in [0.1, 0.15) is 0 Å². The summed E-state index contributed by atoms with van der Waals surface area (Å²) < 4.78 is 11.2. The Morgan fingerprint density at radius 2 is 2.38 bits per heavy atom. The molecule has 0 aliphatic carbocycles. The van der Waals surface area contributed by atoms with Crippen molar-refractivity contribution in [3.63, 3.8) is 0 Å². The fourth-order valence-corrected chi connectivity index (χ4v) is 0.279. The standard InChI is InChI=1S/C5H10FNO/c1-3-4(2)5(8)7-6/h4H,3H2,1-2H3,(H,7,8). The highest BCUT2D eigenvalue weighted by atomic mass is 19.2. The summed E-state index contributed by atoms with van der Waals surface area (Å²) in [6.07, 6.45) is 0.676.